The lowest BCUT2D eigenvalue weighted by molar-refractivity contribution is -0.120. The summed E-state index contributed by atoms with van der Waals surface area (Å²) < 4.78 is 0. The molecule has 0 aliphatic heterocycles. The van der Waals surface area contributed by atoms with Gasteiger partial charge in [-0.15, -0.1) is 6.42 Å². The fraction of sp³-hybridized carbons (Fsp3) is 0.667. The van der Waals surface area contributed by atoms with Gasteiger partial charge in [0.1, 0.15) is 0 Å². The molecule has 0 aromatic heterocycles. The first-order valence-corrected chi connectivity index (χ1v) is 4.03. The molecule has 0 radical (unpaired) electrons. The molecule has 2 N–H and O–H groups in total. The summed E-state index contributed by atoms with van der Waals surface area (Å²) in [5.74, 6) is 2.14. The summed E-state index contributed by atoms with van der Waals surface area (Å²) >= 11 is 0. The number of aliphatic hydroxyl groups excluding tert-OH is 1. The zero-order valence-electron chi connectivity index (χ0n) is 6.97. The van der Waals surface area contributed by atoms with Crippen LogP contribution >= 0.6 is 0 Å². The van der Waals surface area contributed by atoms with Gasteiger partial charge < -0.3 is 10.4 Å². The summed E-state index contributed by atoms with van der Waals surface area (Å²) in [6.45, 7) is 0.716. The Balaban J connectivity index is 2.18. The molecule has 66 valence electrons. The highest BCUT2D eigenvalue weighted by atomic mass is 16.3. The third kappa shape index (κ3) is 2.24. The topological polar surface area (TPSA) is 49.3 Å². The molecule has 1 aliphatic rings. The van der Waals surface area contributed by atoms with Crippen LogP contribution in [-0.2, 0) is 4.79 Å². The molecular weight excluding hydrogens is 154 g/mol. The Morgan fingerprint density at radius 2 is 2.33 bits per heavy atom. The summed E-state index contributed by atoms with van der Waals surface area (Å²) in [6.07, 6.45) is 7.08. The first-order chi connectivity index (χ1) is 5.72. The third-order valence-corrected chi connectivity index (χ3v) is 2.22. The van der Waals surface area contributed by atoms with Crippen molar-refractivity contribution in [3.8, 4) is 12.3 Å². The largest absolute Gasteiger partial charge is 0.396 e. The molecule has 0 bridgehead atoms. The summed E-state index contributed by atoms with van der Waals surface area (Å²) in [6, 6.07) is 0. The van der Waals surface area contributed by atoms with Gasteiger partial charge in [-0.3, -0.25) is 4.79 Å². The van der Waals surface area contributed by atoms with Crippen LogP contribution in [-0.4, -0.2) is 24.2 Å². The quantitative estimate of drug-likeness (QED) is 0.574. The minimum absolute atomic E-state index is 0.0236. The third-order valence-electron chi connectivity index (χ3n) is 2.22. The Bertz CT molecular complexity index is 213. The number of aliphatic hydroxyl groups is 1. The minimum Gasteiger partial charge on any atom is -0.396 e. The number of rotatable bonds is 4. The van der Waals surface area contributed by atoms with Crippen molar-refractivity contribution in [3.63, 3.8) is 0 Å². The molecule has 0 saturated heterocycles. The van der Waals surface area contributed by atoms with E-state index in [0.717, 1.165) is 12.8 Å². The number of carbonyl (C=O) groups is 1. The summed E-state index contributed by atoms with van der Waals surface area (Å²) in [5, 5.41) is 11.6. The highest BCUT2D eigenvalue weighted by Crippen LogP contribution is 2.44. The first-order valence-electron chi connectivity index (χ1n) is 4.03. The van der Waals surface area contributed by atoms with Gasteiger partial charge >= 0.3 is 0 Å². The second-order valence-corrected chi connectivity index (χ2v) is 3.32. The molecule has 0 aromatic carbocycles. The summed E-state index contributed by atoms with van der Waals surface area (Å²) in [7, 11) is 0. The van der Waals surface area contributed by atoms with E-state index in [4.69, 9.17) is 11.5 Å². The molecule has 0 heterocycles. The molecular formula is C9H13NO2. The Hall–Kier alpha value is -1.01. The molecule has 0 spiro atoms. The monoisotopic (exact) mass is 167 g/mol. The van der Waals surface area contributed by atoms with Gasteiger partial charge in [0, 0.05) is 12.0 Å². The van der Waals surface area contributed by atoms with Gasteiger partial charge in [0.25, 0.3) is 0 Å². The number of terminal acetylenes is 1. The molecule has 0 aromatic rings. The van der Waals surface area contributed by atoms with E-state index in [1.165, 1.54) is 0 Å². The number of carbonyl (C=O) groups excluding carboxylic acids is 1. The van der Waals surface area contributed by atoms with Crippen LogP contribution < -0.4 is 5.32 Å². The van der Waals surface area contributed by atoms with Gasteiger partial charge in [0.2, 0.25) is 5.91 Å². The van der Waals surface area contributed by atoms with E-state index in [-0.39, 0.29) is 24.3 Å². The zero-order chi connectivity index (χ0) is 9.03. The lowest BCUT2D eigenvalue weighted by Gasteiger charge is -2.11. The standard InChI is InChI=1S/C9H13NO2/c1-2-3-8(12)10-6-9(7-11)4-5-9/h1,11H,3-7H2,(H,10,12). The van der Waals surface area contributed by atoms with Crippen molar-refractivity contribution in [2.24, 2.45) is 5.41 Å². The molecule has 1 aliphatic carbocycles. The lowest BCUT2D eigenvalue weighted by Crippen LogP contribution is -2.31. The van der Waals surface area contributed by atoms with E-state index in [2.05, 4.69) is 11.2 Å². The second kappa shape index (κ2) is 3.59. The van der Waals surface area contributed by atoms with Gasteiger partial charge in [-0.05, 0) is 12.8 Å². The summed E-state index contributed by atoms with van der Waals surface area (Å²) in [5.41, 5.74) is -0.0236. The van der Waals surface area contributed by atoms with Crippen LogP contribution in [0.3, 0.4) is 0 Å². The molecule has 3 nitrogen and oxygen atoms in total. The van der Waals surface area contributed by atoms with Crippen molar-refractivity contribution in [2.45, 2.75) is 19.3 Å². The van der Waals surface area contributed by atoms with Crippen LogP contribution in [0, 0.1) is 17.8 Å². The van der Waals surface area contributed by atoms with Crippen molar-refractivity contribution in [1.29, 1.82) is 0 Å². The number of hydrogen-bond donors (Lipinski definition) is 2. The molecule has 0 atom stereocenters. The smallest absolute Gasteiger partial charge is 0.232 e. The molecule has 3 heteroatoms. The Morgan fingerprint density at radius 3 is 2.75 bits per heavy atom. The normalized spacial score (nSPS) is 18.0. The average Bonchev–Trinajstić information content (AvgIpc) is 2.82. The van der Waals surface area contributed by atoms with Crippen LogP contribution in [0.4, 0.5) is 0 Å². The molecule has 1 saturated carbocycles. The number of nitrogens with one attached hydrogen (secondary N) is 1. The molecule has 1 fully saturated rings. The highest BCUT2D eigenvalue weighted by Gasteiger charge is 2.41. The SMILES string of the molecule is C#CCC(=O)NCC1(CO)CC1. The van der Waals surface area contributed by atoms with E-state index in [9.17, 15) is 4.79 Å². The first kappa shape index (κ1) is 9.08. The van der Waals surface area contributed by atoms with Crippen LogP contribution in [0.25, 0.3) is 0 Å². The van der Waals surface area contributed by atoms with Crippen molar-refractivity contribution >= 4 is 5.91 Å². The van der Waals surface area contributed by atoms with Crippen molar-refractivity contribution < 1.29 is 9.90 Å². The zero-order valence-corrected chi connectivity index (χ0v) is 6.97. The van der Waals surface area contributed by atoms with E-state index in [1.54, 1.807) is 0 Å². The molecule has 0 unspecified atom stereocenters. The number of hydrogen-bond acceptors (Lipinski definition) is 2. The van der Waals surface area contributed by atoms with E-state index >= 15 is 0 Å². The summed E-state index contributed by atoms with van der Waals surface area (Å²) in [4.78, 5) is 10.9. The molecule has 1 rings (SSSR count). The van der Waals surface area contributed by atoms with Crippen LogP contribution in [0.2, 0.25) is 0 Å². The van der Waals surface area contributed by atoms with E-state index < -0.39 is 0 Å². The fourth-order valence-corrected chi connectivity index (χ4v) is 1.01. The van der Waals surface area contributed by atoms with Gasteiger partial charge in [-0.1, -0.05) is 5.92 Å². The van der Waals surface area contributed by atoms with Gasteiger partial charge in [-0.2, -0.15) is 0 Å². The Kier molecular flexibility index (Phi) is 2.72. The van der Waals surface area contributed by atoms with Crippen molar-refractivity contribution in [3.05, 3.63) is 0 Å². The Morgan fingerprint density at radius 1 is 1.67 bits per heavy atom. The number of amides is 1. The second-order valence-electron chi connectivity index (χ2n) is 3.32. The maximum absolute atomic E-state index is 10.9. The molecule has 1 amide bonds. The van der Waals surface area contributed by atoms with Gasteiger partial charge in [-0.25, -0.2) is 0 Å². The predicted octanol–water partition coefficient (Wildman–Crippen LogP) is -0.102. The lowest BCUT2D eigenvalue weighted by atomic mass is 10.1. The highest BCUT2D eigenvalue weighted by molar-refractivity contribution is 5.78. The fourth-order valence-electron chi connectivity index (χ4n) is 1.01. The average molecular weight is 167 g/mol. The van der Waals surface area contributed by atoms with Crippen molar-refractivity contribution in [1.82, 2.24) is 5.32 Å². The maximum atomic E-state index is 10.9. The predicted molar refractivity (Wildman–Crippen MR) is 45.2 cm³/mol. The van der Waals surface area contributed by atoms with Crippen molar-refractivity contribution in [2.75, 3.05) is 13.2 Å². The van der Waals surface area contributed by atoms with Crippen LogP contribution in [0.1, 0.15) is 19.3 Å². The van der Waals surface area contributed by atoms with Gasteiger partial charge in [0.15, 0.2) is 0 Å². The van der Waals surface area contributed by atoms with Crippen LogP contribution in [0.15, 0.2) is 0 Å². The van der Waals surface area contributed by atoms with Gasteiger partial charge in [0.05, 0.1) is 13.0 Å². The van der Waals surface area contributed by atoms with E-state index in [1.807, 2.05) is 0 Å². The maximum Gasteiger partial charge on any atom is 0.232 e. The molecule has 12 heavy (non-hydrogen) atoms. The minimum atomic E-state index is -0.128. The van der Waals surface area contributed by atoms with E-state index in [0.29, 0.717) is 6.54 Å². The van der Waals surface area contributed by atoms with Crippen LogP contribution in [0.5, 0.6) is 0 Å². The Labute approximate surface area is 72.2 Å².